The van der Waals surface area contributed by atoms with E-state index in [2.05, 4.69) is 43.0 Å². The lowest BCUT2D eigenvalue weighted by molar-refractivity contribution is -0.135. The maximum Gasteiger partial charge on any atom is 0.243 e. The zero-order chi connectivity index (χ0) is 34.7. The maximum atomic E-state index is 13.8. The molecule has 0 bridgehead atoms. The highest BCUT2D eigenvalue weighted by atomic mass is 32.1. The molecule has 12 nitrogen and oxygen atoms in total. The first kappa shape index (κ1) is 37.8. The monoisotopic (exact) mass is 669 g/mol. The number of ketones is 1. The number of hydrogen-bond donors (Lipinski definition) is 6. The minimum atomic E-state index is -0.914. The number of hydrogen-bond acceptors (Lipinski definition) is 9. The van der Waals surface area contributed by atoms with Crippen molar-refractivity contribution in [2.24, 2.45) is 5.41 Å². The van der Waals surface area contributed by atoms with Gasteiger partial charge in [0.1, 0.15) is 17.9 Å². The van der Waals surface area contributed by atoms with Crippen molar-refractivity contribution in [3.05, 3.63) is 46.5 Å². The maximum absolute atomic E-state index is 13.8. The average molecular weight is 670 g/mol. The number of aromatic nitrogens is 1. The summed E-state index contributed by atoms with van der Waals surface area (Å²) in [5.74, 6) is -1.40. The van der Waals surface area contributed by atoms with E-state index in [9.17, 15) is 24.0 Å². The first-order valence-corrected chi connectivity index (χ1v) is 17.2. The fourth-order valence-electron chi connectivity index (χ4n) is 5.36. The van der Waals surface area contributed by atoms with Crippen LogP contribution in [0.3, 0.4) is 0 Å². The van der Waals surface area contributed by atoms with Gasteiger partial charge in [-0.3, -0.25) is 24.0 Å². The Bertz CT molecular complexity index is 1410. The molecule has 258 valence electrons. The van der Waals surface area contributed by atoms with Gasteiger partial charge in [-0.1, -0.05) is 45.0 Å². The third kappa shape index (κ3) is 11.2. The fourth-order valence-corrected chi connectivity index (χ4v) is 6.07. The predicted molar refractivity (Wildman–Crippen MR) is 184 cm³/mol. The van der Waals surface area contributed by atoms with Crippen molar-refractivity contribution >= 4 is 45.9 Å². The molecule has 1 heterocycles. The minimum Gasteiger partial charge on any atom is -0.348 e. The molecule has 1 aromatic carbocycles. The molecule has 1 aromatic heterocycles. The number of carbonyl (C=O) groups is 5. The molecular formula is C34H51N7O5S. The first-order valence-electron chi connectivity index (χ1n) is 16.3. The second kappa shape index (κ2) is 17.5. The van der Waals surface area contributed by atoms with Gasteiger partial charge in [-0.05, 0) is 76.6 Å². The normalized spacial score (nSPS) is 17.0. The lowest BCUT2D eigenvalue weighted by Gasteiger charge is -2.33. The van der Waals surface area contributed by atoms with Crippen LogP contribution in [-0.2, 0) is 36.8 Å². The molecule has 0 saturated carbocycles. The number of likely N-dealkylation sites (N-methyl/N-ethyl adjacent to an activating group) is 2. The Morgan fingerprint density at radius 2 is 1.62 bits per heavy atom. The quantitative estimate of drug-likeness (QED) is 0.159. The molecule has 1 aliphatic carbocycles. The lowest BCUT2D eigenvalue weighted by Crippen LogP contribution is -2.59. The van der Waals surface area contributed by atoms with Crippen LogP contribution in [0.25, 0.3) is 0 Å². The van der Waals surface area contributed by atoms with E-state index in [1.807, 2.05) is 39.0 Å². The largest absolute Gasteiger partial charge is 0.348 e. The Labute approximate surface area is 282 Å². The molecule has 3 rings (SSSR count). The highest BCUT2D eigenvalue weighted by molar-refractivity contribution is 7.13. The first-order chi connectivity index (χ1) is 22.2. The zero-order valence-corrected chi connectivity index (χ0v) is 29.4. The van der Waals surface area contributed by atoms with Crippen LogP contribution in [0.1, 0.15) is 89.6 Å². The van der Waals surface area contributed by atoms with Crippen molar-refractivity contribution in [3.8, 4) is 0 Å². The van der Waals surface area contributed by atoms with Gasteiger partial charge in [-0.15, -0.1) is 11.3 Å². The predicted octanol–water partition coefficient (Wildman–Crippen LogP) is 2.79. The van der Waals surface area contributed by atoms with E-state index in [1.165, 1.54) is 16.9 Å². The van der Waals surface area contributed by atoms with Gasteiger partial charge in [0, 0.05) is 18.2 Å². The summed E-state index contributed by atoms with van der Waals surface area (Å²) in [6.45, 7) is 9.00. The van der Waals surface area contributed by atoms with Crippen LogP contribution in [-0.4, -0.2) is 72.7 Å². The van der Waals surface area contributed by atoms with Gasteiger partial charge in [0.2, 0.25) is 23.6 Å². The molecule has 0 fully saturated rings. The van der Waals surface area contributed by atoms with Crippen LogP contribution in [0, 0.1) is 5.41 Å². The van der Waals surface area contributed by atoms with Crippen LogP contribution in [0.15, 0.2) is 29.6 Å². The number of benzene rings is 1. The third-order valence-electron chi connectivity index (χ3n) is 8.49. The van der Waals surface area contributed by atoms with Crippen molar-refractivity contribution in [2.45, 2.75) is 110 Å². The van der Waals surface area contributed by atoms with Crippen molar-refractivity contribution in [1.29, 1.82) is 0 Å². The van der Waals surface area contributed by atoms with Crippen molar-refractivity contribution < 1.29 is 24.0 Å². The van der Waals surface area contributed by atoms with Crippen LogP contribution in [0.2, 0.25) is 0 Å². The zero-order valence-electron chi connectivity index (χ0n) is 28.6. The van der Waals surface area contributed by atoms with Gasteiger partial charge in [-0.2, -0.15) is 0 Å². The van der Waals surface area contributed by atoms with Crippen molar-refractivity contribution in [3.63, 3.8) is 0 Å². The highest BCUT2D eigenvalue weighted by Gasteiger charge is 2.36. The minimum absolute atomic E-state index is 0.0654. The average Bonchev–Trinajstić information content (AvgIpc) is 3.47. The standard InChI is InChI=1S/C34H51N7O5S/c1-20(35-6)29(43)40-28(34(3,4)5)32(46)39-27(31(45)38-26-16-10-13-22-12-8-9-15-25(22)26)17-11-14-24(42)18-23-19-47-33(37-23)41-30(44)21(2)36-7/h8-9,12,15,19-21,26-28,35-36H,10-11,13-14,16-18H2,1-7H3,(H,38,45)(H,39,46)(H,40,43)(H,37,41,44)/t20-,21-,26+,27-,28+/m0/s1. The van der Waals surface area contributed by atoms with E-state index in [0.29, 0.717) is 17.2 Å². The molecule has 5 atom stereocenters. The Hall–Kier alpha value is -3.68. The molecule has 2 aromatic rings. The molecular weight excluding hydrogens is 618 g/mol. The summed E-state index contributed by atoms with van der Waals surface area (Å²) >= 11 is 1.25. The Kier molecular flexibility index (Phi) is 14.0. The number of fused-ring (bicyclic) bond motifs is 1. The number of thiazole rings is 1. The van der Waals surface area contributed by atoms with Gasteiger partial charge < -0.3 is 31.9 Å². The molecule has 1 aliphatic rings. The van der Waals surface area contributed by atoms with Crippen molar-refractivity contribution in [1.82, 2.24) is 31.6 Å². The van der Waals surface area contributed by atoms with Gasteiger partial charge in [0.05, 0.1) is 23.8 Å². The number of nitrogens with one attached hydrogen (secondary N) is 6. The molecule has 0 radical (unpaired) electrons. The lowest BCUT2D eigenvalue weighted by atomic mass is 9.85. The number of carbonyl (C=O) groups excluding carboxylic acids is 5. The Morgan fingerprint density at radius 1 is 0.936 bits per heavy atom. The Balaban J connectivity index is 1.69. The molecule has 6 N–H and O–H groups in total. The fraction of sp³-hybridized carbons (Fsp3) is 0.588. The van der Waals surface area contributed by atoms with E-state index in [1.54, 1.807) is 33.3 Å². The van der Waals surface area contributed by atoms with Crippen LogP contribution in [0.4, 0.5) is 5.13 Å². The Morgan fingerprint density at radius 3 is 2.30 bits per heavy atom. The summed E-state index contributed by atoms with van der Waals surface area (Å²) in [5.41, 5.74) is 2.20. The van der Waals surface area contributed by atoms with Gasteiger partial charge >= 0.3 is 0 Å². The molecule has 47 heavy (non-hydrogen) atoms. The molecule has 4 amide bonds. The van der Waals surface area contributed by atoms with Gasteiger partial charge in [0.15, 0.2) is 5.13 Å². The summed E-state index contributed by atoms with van der Waals surface area (Å²) in [7, 11) is 3.36. The molecule has 0 saturated heterocycles. The molecule has 13 heteroatoms. The van der Waals surface area contributed by atoms with Crippen LogP contribution in [0.5, 0.6) is 0 Å². The third-order valence-corrected chi connectivity index (χ3v) is 9.30. The number of amides is 4. The van der Waals surface area contributed by atoms with Crippen LogP contribution >= 0.6 is 11.3 Å². The number of nitrogens with zero attached hydrogens (tertiary/aromatic N) is 1. The number of rotatable bonds is 16. The van der Waals surface area contributed by atoms with E-state index in [4.69, 9.17) is 0 Å². The number of Topliss-reactive ketones (excluding diaryl/α,β-unsaturated/α-hetero) is 1. The summed E-state index contributed by atoms with van der Waals surface area (Å²) in [5, 5.41) is 19.5. The smallest absolute Gasteiger partial charge is 0.243 e. The summed E-state index contributed by atoms with van der Waals surface area (Å²) < 4.78 is 0. The second-order valence-corrected chi connectivity index (χ2v) is 14.1. The van der Waals surface area contributed by atoms with Gasteiger partial charge in [-0.25, -0.2) is 4.98 Å². The number of aryl methyl sites for hydroxylation is 1. The topological polar surface area (TPSA) is 170 Å². The molecule has 0 unspecified atom stereocenters. The van der Waals surface area contributed by atoms with E-state index < -0.39 is 29.4 Å². The van der Waals surface area contributed by atoms with Crippen molar-refractivity contribution in [2.75, 3.05) is 19.4 Å². The highest BCUT2D eigenvalue weighted by Crippen LogP contribution is 2.29. The summed E-state index contributed by atoms with van der Waals surface area (Å²) in [4.78, 5) is 69.6. The van der Waals surface area contributed by atoms with E-state index in [0.717, 1.165) is 24.8 Å². The summed E-state index contributed by atoms with van der Waals surface area (Å²) in [6.07, 6.45) is 3.54. The number of anilines is 1. The summed E-state index contributed by atoms with van der Waals surface area (Å²) in [6, 6.07) is 5.17. The van der Waals surface area contributed by atoms with E-state index >= 15 is 0 Å². The van der Waals surface area contributed by atoms with Crippen LogP contribution < -0.4 is 31.9 Å². The van der Waals surface area contributed by atoms with E-state index in [-0.39, 0.29) is 54.9 Å². The molecule has 0 aliphatic heterocycles. The second-order valence-electron chi connectivity index (χ2n) is 13.3. The SMILES string of the molecule is CN[C@@H](C)C(=O)Nc1nc(CC(=O)CCC[C@H](NC(=O)[C@@H](NC(=O)[C@H](C)NC)C(C)(C)C)C(=O)N[C@@H]2CCCc3ccccc32)cs1. The van der Waals surface area contributed by atoms with Gasteiger partial charge in [0.25, 0.3) is 0 Å². The molecule has 0 spiro atoms.